The van der Waals surface area contributed by atoms with Crippen LogP contribution in [0.2, 0.25) is 0 Å². The number of piperidine rings is 1. The lowest BCUT2D eigenvalue weighted by molar-refractivity contribution is 0.459. The fourth-order valence-corrected chi connectivity index (χ4v) is 5.90. The van der Waals surface area contributed by atoms with Crippen molar-refractivity contribution in [3.8, 4) is 10.7 Å². The van der Waals surface area contributed by atoms with Gasteiger partial charge in [0.05, 0.1) is 15.3 Å². The smallest absolute Gasteiger partial charge is 0.240 e. The van der Waals surface area contributed by atoms with Gasteiger partial charge in [0.15, 0.2) is 5.82 Å². The Hall–Kier alpha value is -2.81. The maximum atomic E-state index is 12.7. The summed E-state index contributed by atoms with van der Waals surface area (Å²) >= 11 is 1.62. The monoisotopic (exact) mass is 450 g/mol. The van der Waals surface area contributed by atoms with Gasteiger partial charge in [-0.25, -0.2) is 23.1 Å². The molecule has 1 aliphatic rings. The second-order valence-electron chi connectivity index (χ2n) is 7.56. The zero-order valence-corrected chi connectivity index (χ0v) is 18.4. The summed E-state index contributed by atoms with van der Waals surface area (Å²) in [6, 6.07) is 20.5. The van der Waals surface area contributed by atoms with Crippen molar-refractivity contribution in [3.63, 3.8) is 0 Å². The normalized spacial score (nSPS) is 15.4. The van der Waals surface area contributed by atoms with Gasteiger partial charge in [0, 0.05) is 24.5 Å². The zero-order valence-electron chi connectivity index (χ0n) is 16.8. The van der Waals surface area contributed by atoms with E-state index in [1.165, 1.54) is 0 Å². The van der Waals surface area contributed by atoms with E-state index in [4.69, 9.17) is 9.97 Å². The number of para-hydroxylation sites is 1. The first kappa shape index (κ1) is 20.1. The summed E-state index contributed by atoms with van der Waals surface area (Å²) in [5, 5.41) is 3.05. The Bertz CT molecular complexity index is 1280. The SMILES string of the molecule is O=S(=O)(NC1CCN(c2nc(-c3cccs3)nc3ccccc23)CC1)c1ccccc1. The molecule has 1 fully saturated rings. The van der Waals surface area contributed by atoms with Crippen LogP contribution in [0.15, 0.2) is 77.0 Å². The van der Waals surface area contributed by atoms with Crippen molar-refractivity contribution in [3.05, 3.63) is 72.1 Å². The third kappa shape index (κ3) is 4.19. The number of hydrogen-bond donors (Lipinski definition) is 1. The van der Waals surface area contributed by atoms with Gasteiger partial charge < -0.3 is 4.90 Å². The van der Waals surface area contributed by atoms with Gasteiger partial charge in [-0.2, -0.15) is 0 Å². The number of nitrogens with one attached hydrogen (secondary N) is 1. The highest BCUT2D eigenvalue weighted by Crippen LogP contribution is 2.31. The van der Waals surface area contributed by atoms with Crippen molar-refractivity contribution in [1.82, 2.24) is 14.7 Å². The minimum absolute atomic E-state index is 0.0914. The molecule has 3 heterocycles. The summed E-state index contributed by atoms with van der Waals surface area (Å²) in [6.07, 6.45) is 1.44. The number of aromatic nitrogens is 2. The van der Waals surface area contributed by atoms with E-state index < -0.39 is 10.0 Å². The molecule has 1 aliphatic heterocycles. The van der Waals surface area contributed by atoms with Gasteiger partial charge in [-0.1, -0.05) is 36.4 Å². The number of fused-ring (bicyclic) bond motifs is 1. The minimum Gasteiger partial charge on any atom is -0.356 e. The first-order valence-electron chi connectivity index (χ1n) is 10.2. The lowest BCUT2D eigenvalue weighted by Crippen LogP contribution is -2.45. The predicted octanol–water partition coefficient (Wildman–Crippen LogP) is 4.31. The van der Waals surface area contributed by atoms with E-state index >= 15 is 0 Å². The van der Waals surface area contributed by atoms with E-state index in [1.807, 2.05) is 47.8 Å². The van der Waals surface area contributed by atoms with Gasteiger partial charge in [0.1, 0.15) is 5.82 Å². The van der Waals surface area contributed by atoms with E-state index in [9.17, 15) is 8.42 Å². The Morgan fingerprint density at radius 1 is 0.903 bits per heavy atom. The molecule has 0 saturated carbocycles. The number of nitrogens with zero attached hydrogens (tertiary/aromatic N) is 3. The molecule has 2 aromatic heterocycles. The first-order chi connectivity index (χ1) is 15.1. The second kappa shape index (κ2) is 8.37. The maximum absolute atomic E-state index is 12.7. The molecule has 8 heteroatoms. The van der Waals surface area contributed by atoms with Crippen LogP contribution in [0.4, 0.5) is 5.82 Å². The topological polar surface area (TPSA) is 75.2 Å². The number of benzene rings is 2. The van der Waals surface area contributed by atoms with Crippen LogP contribution in [0, 0.1) is 0 Å². The first-order valence-corrected chi connectivity index (χ1v) is 12.6. The molecule has 0 bridgehead atoms. The van der Waals surface area contributed by atoms with Crippen molar-refractivity contribution in [2.75, 3.05) is 18.0 Å². The lowest BCUT2D eigenvalue weighted by Gasteiger charge is -2.33. The molecule has 31 heavy (non-hydrogen) atoms. The van der Waals surface area contributed by atoms with E-state index in [0.717, 1.165) is 53.4 Å². The summed E-state index contributed by atoms with van der Waals surface area (Å²) in [7, 11) is -3.51. The molecule has 0 aliphatic carbocycles. The third-order valence-corrected chi connectivity index (χ3v) is 7.90. The molecule has 0 unspecified atom stereocenters. The number of rotatable bonds is 5. The molecule has 0 amide bonds. The van der Waals surface area contributed by atoms with E-state index in [2.05, 4.69) is 9.62 Å². The Morgan fingerprint density at radius 2 is 1.65 bits per heavy atom. The number of anilines is 1. The maximum Gasteiger partial charge on any atom is 0.240 e. The summed E-state index contributed by atoms with van der Waals surface area (Å²) in [5.41, 5.74) is 0.919. The van der Waals surface area contributed by atoms with Crippen LogP contribution < -0.4 is 9.62 Å². The minimum atomic E-state index is -3.51. The molecule has 4 aromatic rings. The summed E-state index contributed by atoms with van der Waals surface area (Å²) in [6.45, 7) is 1.46. The van der Waals surface area contributed by atoms with E-state index in [-0.39, 0.29) is 6.04 Å². The average Bonchev–Trinajstić information content (AvgIpc) is 3.34. The zero-order chi connectivity index (χ0) is 21.3. The summed E-state index contributed by atoms with van der Waals surface area (Å²) in [4.78, 5) is 13.2. The molecule has 1 saturated heterocycles. The largest absolute Gasteiger partial charge is 0.356 e. The van der Waals surface area contributed by atoms with Crippen molar-refractivity contribution < 1.29 is 8.42 Å². The highest BCUT2D eigenvalue weighted by molar-refractivity contribution is 7.89. The molecule has 2 aromatic carbocycles. The van der Waals surface area contributed by atoms with Crippen LogP contribution in [0.3, 0.4) is 0 Å². The standard InChI is InChI=1S/C23H22N4O2S2/c28-31(29,18-7-2-1-3-8-18)26-17-12-14-27(15-13-17)23-19-9-4-5-10-20(19)24-22(25-23)21-11-6-16-30-21/h1-11,16-17,26H,12-15H2. The lowest BCUT2D eigenvalue weighted by atomic mass is 10.1. The van der Waals surface area contributed by atoms with Crippen molar-refractivity contribution in [2.45, 2.75) is 23.8 Å². The molecule has 6 nitrogen and oxygen atoms in total. The Labute approximate surface area is 185 Å². The van der Waals surface area contributed by atoms with Crippen molar-refractivity contribution >= 4 is 38.1 Å². The van der Waals surface area contributed by atoms with Gasteiger partial charge >= 0.3 is 0 Å². The quantitative estimate of drug-likeness (QED) is 0.491. The fourth-order valence-electron chi connectivity index (χ4n) is 3.91. The van der Waals surface area contributed by atoms with Crippen LogP contribution in [-0.2, 0) is 10.0 Å². The van der Waals surface area contributed by atoms with Gasteiger partial charge in [0.2, 0.25) is 10.0 Å². The van der Waals surface area contributed by atoms with Crippen molar-refractivity contribution in [2.24, 2.45) is 0 Å². The Morgan fingerprint density at radius 3 is 2.39 bits per heavy atom. The van der Waals surface area contributed by atoms with E-state index in [0.29, 0.717) is 4.90 Å². The molecule has 0 atom stereocenters. The molecule has 5 rings (SSSR count). The number of sulfonamides is 1. The summed E-state index contributed by atoms with van der Waals surface area (Å²) < 4.78 is 28.2. The van der Waals surface area contributed by atoms with Gasteiger partial charge in [-0.15, -0.1) is 11.3 Å². The van der Waals surface area contributed by atoms with Crippen LogP contribution in [0.25, 0.3) is 21.6 Å². The highest BCUT2D eigenvalue weighted by Gasteiger charge is 2.26. The number of thiophene rings is 1. The van der Waals surface area contributed by atoms with Crippen LogP contribution >= 0.6 is 11.3 Å². The second-order valence-corrected chi connectivity index (χ2v) is 10.2. The predicted molar refractivity (Wildman–Crippen MR) is 125 cm³/mol. The summed E-state index contributed by atoms with van der Waals surface area (Å²) in [5.74, 6) is 1.65. The van der Waals surface area contributed by atoms with Crippen LogP contribution in [0.5, 0.6) is 0 Å². The molecular formula is C23H22N4O2S2. The molecule has 158 valence electrons. The third-order valence-electron chi connectivity index (χ3n) is 5.49. The molecule has 0 radical (unpaired) electrons. The average molecular weight is 451 g/mol. The Kier molecular flexibility index (Phi) is 5.43. The Balaban J connectivity index is 1.37. The molecule has 1 N–H and O–H groups in total. The van der Waals surface area contributed by atoms with Crippen LogP contribution in [0.1, 0.15) is 12.8 Å². The molecule has 0 spiro atoms. The fraction of sp³-hybridized carbons (Fsp3) is 0.217. The van der Waals surface area contributed by atoms with Gasteiger partial charge in [-0.3, -0.25) is 0 Å². The van der Waals surface area contributed by atoms with Gasteiger partial charge in [-0.05, 0) is 48.6 Å². The van der Waals surface area contributed by atoms with Crippen LogP contribution in [-0.4, -0.2) is 37.5 Å². The van der Waals surface area contributed by atoms with Gasteiger partial charge in [0.25, 0.3) is 0 Å². The van der Waals surface area contributed by atoms with E-state index in [1.54, 1.807) is 35.6 Å². The highest BCUT2D eigenvalue weighted by atomic mass is 32.2. The van der Waals surface area contributed by atoms with Crippen molar-refractivity contribution in [1.29, 1.82) is 0 Å². The molecular weight excluding hydrogens is 428 g/mol. The number of hydrogen-bond acceptors (Lipinski definition) is 6.